The third-order valence-corrected chi connectivity index (χ3v) is 3.94. The Balaban J connectivity index is 2.16. The zero-order valence-electron chi connectivity index (χ0n) is 11.6. The monoisotopic (exact) mass is 315 g/mol. The number of nitrogens with one attached hydrogen (secondary N) is 1. The quantitative estimate of drug-likeness (QED) is 0.781. The van der Waals surface area contributed by atoms with Crippen molar-refractivity contribution < 1.29 is 17.9 Å². The topological polar surface area (TPSA) is 21.3 Å². The maximum Gasteiger partial charge on any atom is 0.387 e. The Labute approximate surface area is 125 Å². The van der Waals surface area contributed by atoms with Crippen LogP contribution in [-0.4, -0.2) is 6.61 Å². The Bertz CT molecular complexity index is 572. The molecule has 2 rings (SSSR count). The minimum atomic E-state index is -3.03. The average Bonchev–Trinajstić information content (AvgIpc) is 2.91. The maximum atomic E-state index is 13.7. The van der Waals surface area contributed by atoms with E-state index >= 15 is 0 Å². The van der Waals surface area contributed by atoms with E-state index in [0.717, 1.165) is 4.88 Å². The predicted molar refractivity (Wildman–Crippen MR) is 78.6 cm³/mol. The molecular formula is C15H16F3NOS. The second-order valence-electron chi connectivity index (χ2n) is 4.91. The molecule has 6 heteroatoms. The van der Waals surface area contributed by atoms with Crippen molar-refractivity contribution in [3.05, 3.63) is 46.4 Å². The molecule has 0 aliphatic heterocycles. The summed E-state index contributed by atoms with van der Waals surface area (Å²) in [6.07, 6.45) is 0. The number of anilines is 1. The van der Waals surface area contributed by atoms with Gasteiger partial charge in [0, 0.05) is 16.6 Å². The third-order valence-electron chi connectivity index (χ3n) is 2.99. The molecule has 2 nitrogen and oxygen atoms in total. The summed E-state index contributed by atoms with van der Waals surface area (Å²) in [5.41, 5.74) is 0.529. The zero-order chi connectivity index (χ0) is 15.4. The highest BCUT2D eigenvalue weighted by Crippen LogP contribution is 2.31. The minimum Gasteiger partial charge on any atom is -0.432 e. The fourth-order valence-corrected chi connectivity index (χ4v) is 2.95. The van der Waals surface area contributed by atoms with Crippen LogP contribution in [0.5, 0.6) is 5.75 Å². The molecule has 0 saturated heterocycles. The van der Waals surface area contributed by atoms with Crippen molar-refractivity contribution in [3.8, 4) is 5.75 Å². The smallest absolute Gasteiger partial charge is 0.387 e. The Kier molecular flexibility index (Phi) is 5.12. The molecule has 1 aromatic heterocycles. The van der Waals surface area contributed by atoms with E-state index in [0.29, 0.717) is 11.6 Å². The van der Waals surface area contributed by atoms with E-state index in [1.165, 1.54) is 18.2 Å². The lowest BCUT2D eigenvalue weighted by atomic mass is 10.0. The SMILES string of the molecule is CC(C)C(Nc1ccc(OC(F)F)c(F)c1)c1cccs1. The van der Waals surface area contributed by atoms with Gasteiger partial charge in [-0.05, 0) is 29.5 Å². The molecule has 0 saturated carbocycles. The van der Waals surface area contributed by atoms with Crippen LogP contribution in [0.4, 0.5) is 18.9 Å². The van der Waals surface area contributed by atoms with E-state index in [1.807, 2.05) is 17.5 Å². The second-order valence-corrected chi connectivity index (χ2v) is 5.88. The van der Waals surface area contributed by atoms with Crippen LogP contribution in [0.3, 0.4) is 0 Å². The minimum absolute atomic E-state index is 0.0336. The molecule has 1 aromatic carbocycles. The summed E-state index contributed by atoms with van der Waals surface area (Å²) in [6.45, 7) is 1.08. The van der Waals surface area contributed by atoms with Gasteiger partial charge < -0.3 is 10.1 Å². The van der Waals surface area contributed by atoms with Gasteiger partial charge in [0.1, 0.15) is 0 Å². The van der Waals surface area contributed by atoms with Crippen LogP contribution in [0.25, 0.3) is 0 Å². The van der Waals surface area contributed by atoms with Crippen molar-refractivity contribution in [2.75, 3.05) is 5.32 Å². The first-order chi connectivity index (χ1) is 9.97. The standard InChI is InChI=1S/C15H16F3NOS/c1-9(2)14(13-4-3-7-21-13)19-10-5-6-12(11(16)8-10)20-15(17)18/h3-9,14-15,19H,1-2H3. The van der Waals surface area contributed by atoms with E-state index in [-0.39, 0.29) is 6.04 Å². The summed E-state index contributed by atoms with van der Waals surface area (Å²) in [5, 5.41) is 5.21. The van der Waals surface area contributed by atoms with Crippen LogP contribution in [0.15, 0.2) is 35.7 Å². The molecule has 114 valence electrons. The van der Waals surface area contributed by atoms with Crippen molar-refractivity contribution in [3.63, 3.8) is 0 Å². The van der Waals surface area contributed by atoms with Crippen molar-refractivity contribution in [2.45, 2.75) is 26.5 Å². The van der Waals surface area contributed by atoms with Crippen LogP contribution in [-0.2, 0) is 0 Å². The molecule has 1 atom stereocenters. The highest BCUT2D eigenvalue weighted by Gasteiger charge is 2.18. The van der Waals surface area contributed by atoms with Crippen molar-refractivity contribution in [1.29, 1.82) is 0 Å². The van der Waals surface area contributed by atoms with Gasteiger partial charge in [-0.3, -0.25) is 0 Å². The summed E-state index contributed by atoms with van der Waals surface area (Å²) in [5.74, 6) is -0.967. The Morgan fingerprint density at radius 2 is 1.95 bits per heavy atom. The first kappa shape index (κ1) is 15.7. The Morgan fingerprint density at radius 3 is 2.48 bits per heavy atom. The Morgan fingerprint density at radius 1 is 1.19 bits per heavy atom. The number of rotatable bonds is 6. The number of halogens is 3. The fourth-order valence-electron chi connectivity index (χ4n) is 2.00. The van der Waals surface area contributed by atoms with Crippen LogP contribution in [0.2, 0.25) is 0 Å². The zero-order valence-corrected chi connectivity index (χ0v) is 12.5. The van der Waals surface area contributed by atoms with Crippen molar-refractivity contribution >= 4 is 17.0 Å². The summed E-state index contributed by atoms with van der Waals surface area (Å²) >= 11 is 1.61. The summed E-state index contributed by atoms with van der Waals surface area (Å²) in [7, 11) is 0. The van der Waals surface area contributed by atoms with E-state index in [9.17, 15) is 13.2 Å². The maximum absolute atomic E-state index is 13.7. The van der Waals surface area contributed by atoms with Crippen LogP contribution >= 0.6 is 11.3 Å². The van der Waals surface area contributed by atoms with Crippen LogP contribution < -0.4 is 10.1 Å². The van der Waals surface area contributed by atoms with Gasteiger partial charge in [-0.1, -0.05) is 19.9 Å². The van der Waals surface area contributed by atoms with Gasteiger partial charge in [0.25, 0.3) is 0 Å². The number of hydrogen-bond acceptors (Lipinski definition) is 3. The van der Waals surface area contributed by atoms with Crippen LogP contribution in [0, 0.1) is 11.7 Å². The van der Waals surface area contributed by atoms with Gasteiger partial charge in [0.05, 0.1) is 6.04 Å². The largest absolute Gasteiger partial charge is 0.432 e. The summed E-state index contributed by atoms with van der Waals surface area (Å²) in [6, 6.07) is 7.90. The molecule has 0 spiro atoms. The lowest BCUT2D eigenvalue weighted by Crippen LogP contribution is -2.15. The number of hydrogen-bond donors (Lipinski definition) is 1. The molecule has 0 aliphatic rings. The van der Waals surface area contributed by atoms with E-state index < -0.39 is 18.2 Å². The third kappa shape index (κ3) is 4.14. The van der Waals surface area contributed by atoms with E-state index in [2.05, 4.69) is 23.9 Å². The van der Waals surface area contributed by atoms with E-state index in [1.54, 1.807) is 11.3 Å². The highest BCUT2D eigenvalue weighted by molar-refractivity contribution is 7.10. The molecule has 0 aliphatic carbocycles. The first-order valence-electron chi connectivity index (χ1n) is 6.51. The van der Waals surface area contributed by atoms with Gasteiger partial charge >= 0.3 is 6.61 Å². The summed E-state index contributed by atoms with van der Waals surface area (Å²) < 4.78 is 42.0. The highest BCUT2D eigenvalue weighted by atomic mass is 32.1. The first-order valence-corrected chi connectivity index (χ1v) is 7.39. The van der Waals surface area contributed by atoms with Gasteiger partial charge in [0.15, 0.2) is 11.6 Å². The number of benzene rings is 1. The lowest BCUT2D eigenvalue weighted by molar-refractivity contribution is -0.0521. The fraction of sp³-hybridized carbons (Fsp3) is 0.333. The molecule has 2 aromatic rings. The van der Waals surface area contributed by atoms with Gasteiger partial charge in [-0.2, -0.15) is 8.78 Å². The average molecular weight is 315 g/mol. The van der Waals surface area contributed by atoms with Gasteiger partial charge in [-0.25, -0.2) is 4.39 Å². The lowest BCUT2D eigenvalue weighted by Gasteiger charge is -2.22. The number of alkyl halides is 2. The molecule has 0 bridgehead atoms. The number of thiophene rings is 1. The van der Waals surface area contributed by atoms with Crippen molar-refractivity contribution in [2.24, 2.45) is 5.92 Å². The molecule has 1 N–H and O–H groups in total. The van der Waals surface area contributed by atoms with Gasteiger partial charge in [0.2, 0.25) is 0 Å². The molecule has 1 unspecified atom stereocenters. The molecule has 0 fully saturated rings. The van der Waals surface area contributed by atoms with Crippen LogP contribution in [0.1, 0.15) is 24.8 Å². The molecular weight excluding hydrogens is 299 g/mol. The summed E-state index contributed by atoms with van der Waals surface area (Å²) in [4.78, 5) is 1.14. The van der Waals surface area contributed by atoms with E-state index in [4.69, 9.17) is 0 Å². The molecule has 1 heterocycles. The number of ether oxygens (including phenoxy) is 1. The van der Waals surface area contributed by atoms with Crippen molar-refractivity contribution in [1.82, 2.24) is 0 Å². The normalized spacial score (nSPS) is 12.7. The molecule has 0 radical (unpaired) electrons. The molecule has 0 amide bonds. The second kappa shape index (κ2) is 6.85. The molecule has 21 heavy (non-hydrogen) atoms. The Hall–Kier alpha value is -1.69. The van der Waals surface area contributed by atoms with Gasteiger partial charge in [-0.15, -0.1) is 11.3 Å². The predicted octanol–water partition coefficient (Wildman–Crippen LogP) is 5.30.